The largest absolute Gasteiger partial charge is 0.490 e. The van der Waals surface area contributed by atoms with Gasteiger partial charge in [0.15, 0.2) is 0 Å². The number of ether oxygens (including phenoxy) is 3. The van der Waals surface area contributed by atoms with E-state index in [0.717, 1.165) is 41.6 Å². The SMILES string of the molecule is COC1(c2ccc(Cl)c(Cc3ccc(O[C@@H]4C[C@@H]5C[C@@H]5C4)cc3)c2)O[C@H](CO)C(O)C(O)[C@H]1O. The highest BCUT2D eigenvalue weighted by Gasteiger charge is 2.55. The van der Waals surface area contributed by atoms with Crippen LogP contribution in [0.25, 0.3) is 0 Å². The lowest BCUT2D eigenvalue weighted by atomic mass is 9.87. The highest BCUT2D eigenvalue weighted by atomic mass is 35.5. The minimum atomic E-state index is -1.77. The molecule has 3 unspecified atom stereocenters. The lowest BCUT2D eigenvalue weighted by molar-refractivity contribution is -0.366. The third-order valence-electron chi connectivity index (χ3n) is 7.52. The maximum atomic E-state index is 10.8. The first-order chi connectivity index (χ1) is 16.3. The van der Waals surface area contributed by atoms with Gasteiger partial charge in [0.1, 0.15) is 30.2 Å². The third kappa shape index (κ3) is 4.35. The minimum absolute atomic E-state index is 0.324. The summed E-state index contributed by atoms with van der Waals surface area (Å²) in [7, 11) is 1.34. The highest BCUT2D eigenvalue weighted by Crippen LogP contribution is 2.52. The van der Waals surface area contributed by atoms with Crippen molar-refractivity contribution in [2.45, 2.75) is 62.0 Å². The maximum Gasteiger partial charge on any atom is 0.224 e. The maximum absolute atomic E-state index is 10.8. The van der Waals surface area contributed by atoms with Gasteiger partial charge in [0.05, 0.1) is 12.7 Å². The van der Waals surface area contributed by atoms with Crippen LogP contribution >= 0.6 is 11.6 Å². The lowest BCUT2D eigenvalue weighted by Gasteiger charge is -2.47. The Balaban J connectivity index is 1.35. The number of hydrogen-bond acceptors (Lipinski definition) is 7. The van der Waals surface area contributed by atoms with Gasteiger partial charge in [-0.2, -0.15) is 0 Å². The molecule has 0 aromatic heterocycles. The van der Waals surface area contributed by atoms with Crippen LogP contribution in [-0.4, -0.2) is 64.7 Å². The lowest BCUT2D eigenvalue weighted by Crippen LogP contribution is -2.64. The van der Waals surface area contributed by atoms with Crippen LogP contribution in [0.4, 0.5) is 0 Å². The van der Waals surface area contributed by atoms with Crippen LogP contribution in [0, 0.1) is 11.8 Å². The molecule has 7 nitrogen and oxygen atoms in total. The molecular weight excluding hydrogens is 460 g/mol. The molecule has 2 aromatic carbocycles. The van der Waals surface area contributed by atoms with Gasteiger partial charge in [0.2, 0.25) is 5.79 Å². The molecule has 5 rings (SSSR count). The highest BCUT2D eigenvalue weighted by molar-refractivity contribution is 6.31. The summed E-state index contributed by atoms with van der Waals surface area (Å²) < 4.78 is 17.5. The Morgan fingerprint density at radius 2 is 1.71 bits per heavy atom. The summed E-state index contributed by atoms with van der Waals surface area (Å²) in [6.07, 6.45) is -1.20. The molecule has 1 aliphatic heterocycles. The number of halogens is 1. The standard InChI is InChI=1S/C26H31ClO7/c1-32-26(25(31)24(30)23(29)22(13-28)34-26)18-4-7-21(27)17(10-18)8-14-2-5-19(6-3-14)33-20-11-15-9-16(15)12-20/h2-7,10,15-16,20,22-25,28-31H,8-9,11-13H2,1H3/t15-,16+,20+,22-,23?,24?,25-,26?/m1/s1. The van der Waals surface area contributed by atoms with Crippen molar-refractivity contribution in [3.8, 4) is 5.75 Å². The van der Waals surface area contributed by atoms with E-state index in [1.54, 1.807) is 18.2 Å². The van der Waals surface area contributed by atoms with E-state index < -0.39 is 36.8 Å². The second kappa shape index (κ2) is 9.39. The first kappa shape index (κ1) is 24.0. The van der Waals surface area contributed by atoms with Crippen molar-refractivity contribution in [3.05, 3.63) is 64.2 Å². The van der Waals surface area contributed by atoms with Crippen LogP contribution in [0.15, 0.2) is 42.5 Å². The van der Waals surface area contributed by atoms with E-state index in [-0.39, 0.29) is 0 Å². The van der Waals surface area contributed by atoms with Gasteiger partial charge in [-0.3, -0.25) is 0 Å². The quantitative estimate of drug-likeness (QED) is 0.472. The monoisotopic (exact) mass is 490 g/mol. The van der Waals surface area contributed by atoms with Crippen LogP contribution in [0.5, 0.6) is 5.75 Å². The number of methoxy groups -OCH3 is 1. The van der Waals surface area contributed by atoms with Crippen molar-refractivity contribution in [2.75, 3.05) is 13.7 Å². The number of rotatable bonds is 7. The molecule has 0 amide bonds. The predicted octanol–water partition coefficient (Wildman–Crippen LogP) is 2.38. The van der Waals surface area contributed by atoms with Crippen molar-refractivity contribution < 1.29 is 34.6 Å². The Hall–Kier alpha value is -1.71. The van der Waals surface area contributed by atoms with Gasteiger partial charge in [-0.15, -0.1) is 0 Å². The van der Waals surface area contributed by atoms with E-state index in [4.69, 9.17) is 25.8 Å². The average Bonchev–Trinajstić information content (AvgIpc) is 3.46. The van der Waals surface area contributed by atoms with Crippen molar-refractivity contribution in [2.24, 2.45) is 11.8 Å². The van der Waals surface area contributed by atoms with Crippen LogP contribution in [-0.2, 0) is 21.7 Å². The van der Waals surface area contributed by atoms with Crippen molar-refractivity contribution in [1.29, 1.82) is 0 Å². The van der Waals surface area contributed by atoms with E-state index in [9.17, 15) is 20.4 Å². The van der Waals surface area contributed by atoms with Gasteiger partial charge in [-0.25, -0.2) is 0 Å². The molecule has 8 atom stereocenters. The van der Waals surface area contributed by atoms with E-state index in [0.29, 0.717) is 23.1 Å². The predicted molar refractivity (Wildman–Crippen MR) is 125 cm³/mol. The Kier molecular flexibility index (Phi) is 6.63. The molecule has 34 heavy (non-hydrogen) atoms. The van der Waals surface area contributed by atoms with Gasteiger partial charge >= 0.3 is 0 Å². The number of aliphatic hydroxyl groups is 4. The smallest absolute Gasteiger partial charge is 0.224 e. The molecule has 1 heterocycles. The fourth-order valence-corrected chi connectivity index (χ4v) is 5.63. The fraction of sp³-hybridized carbons (Fsp3) is 0.538. The molecule has 1 saturated heterocycles. The Morgan fingerprint density at radius 3 is 2.35 bits per heavy atom. The Labute approximate surface area is 203 Å². The minimum Gasteiger partial charge on any atom is -0.490 e. The second-order valence-corrected chi connectivity index (χ2v) is 10.1. The average molecular weight is 491 g/mol. The summed E-state index contributed by atoms with van der Waals surface area (Å²) >= 11 is 6.48. The van der Waals surface area contributed by atoms with Gasteiger partial charge in [-0.05, 0) is 72.9 Å². The zero-order chi connectivity index (χ0) is 24.0. The normalized spacial score (nSPS) is 36.8. The molecule has 0 bridgehead atoms. The summed E-state index contributed by atoms with van der Waals surface area (Å²) in [6.45, 7) is -0.549. The summed E-state index contributed by atoms with van der Waals surface area (Å²) in [6, 6.07) is 13.0. The third-order valence-corrected chi connectivity index (χ3v) is 7.89. The van der Waals surface area contributed by atoms with E-state index in [1.165, 1.54) is 13.5 Å². The number of hydrogen-bond donors (Lipinski definition) is 4. The topological polar surface area (TPSA) is 109 Å². The molecule has 0 spiro atoms. The first-order valence-electron chi connectivity index (χ1n) is 11.8. The van der Waals surface area contributed by atoms with Crippen LogP contribution in [0.2, 0.25) is 5.02 Å². The molecule has 184 valence electrons. The number of fused-ring (bicyclic) bond motifs is 1. The molecule has 4 N–H and O–H groups in total. The molecule has 0 radical (unpaired) electrons. The van der Waals surface area contributed by atoms with Crippen LogP contribution in [0.1, 0.15) is 36.0 Å². The summed E-state index contributed by atoms with van der Waals surface area (Å²) in [5.74, 6) is 0.843. The first-order valence-corrected chi connectivity index (χ1v) is 12.1. The van der Waals surface area contributed by atoms with Crippen LogP contribution < -0.4 is 4.74 Å². The summed E-state index contributed by atoms with van der Waals surface area (Å²) in [5, 5.41) is 41.4. The van der Waals surface area contributed by atoms with Crippen molar-refractivity contribution in [1.82, 2.24) is 0 Å². The number of aliphatic hydroxyl groups excluding tert-OH is 4. The molecule has 3 aliphatic rings. The Bertz CT molecular complexity index is 1000. The fourth-order valence-electron chi connectivity index (χ4n) is 5.45. The summed E-state index contributed by atoms with van der Waals surface area (Å²) in [4.78, 5) is 0. The van der Waals surface area contributed by atoms with E-state index >= 15 is 0 Å². The molecular formula is C26H31ClO7. The molecule has 3 fully saturated rings. The zero-order valence-corrected chi connectivity index (χ0v) is 19.8. The van der Waals surface area contributed by atoms with Gasteiger partial charge in [0, 0.05) is 17.7 Å². The van der Waals surface area contributed by atoms with Crippen molar-refractivity contribution in [3.63, 3.8) is 0 Å². The summed E-state index contributed by atoms with van der Waals surface area (Å²) in [5.41, 5.74) is 2.23. The van der Waals surface area contributed by atoms with E-state index in [1.807, 2.05) is 24.3 Å². The zero-order valence-electron chi connectivity index (χ0n) is 19.0. The number of benzene rings is 2. The second-order valence-electron chi connectivity index (χ2n) is 9.73. The molecule has 8 heteroatoms. The van der Waals surface area contributed by atoms with Crippen molar-refractivity contribution >= 4 is 11.6 Å². The van der Waals surface area contributed by atoms with Gasteiger partial charge < -0.3 is 34.6 Å². The molecule has 2 aromatic rings. The van der Waals surface area contributed by atoms with Crippen LogP contribution in [0.3, 0.4) is 0 Å². The van der Waals surface area contributed by atoms with E-state index in [2.05, 4.69) is 0 Å². The molecule has 2 saturated carbocycles. The molecule has 2 aliphatic carbocycles. The van der Waals surface area contributed by atoms with Gasteiger partial charge in [-0.1, -0.05) is 29.8 Å². The van der Waals surface area contributed by atoms with Gasteiger partial charge in [0.25, 0.3) is 0 Å². The Morgan fingerprint density at radius 1 is 1.00 bits per heavy atom.